The average molecular weight is 362 g/mol. The van der Waals surface area contributed by atoms with Crippen molar-refractivity contribution in [1.29, 1.82) is 0 Å². The number of rotatable bonds is 3. The number of anilines is 2. The molecule has 1 unspecified atom stereocenters. The fourth-order valence-electron chi connectivity index (χ4n) is 3.62. The highest BCUT2D eigenvalue weighted by atomic mass is 16.2. The number of fused-ring (bicyclic) bond motifs is 3. The van der Waals surface area contributed by atoms with Crippen molar-refractivity contribution >= 4 is 28.8 Å². The number of benzene rings is 1. The normalized spacial score (nSPS) is 16.0. The summed E-state index contributed by atoms with van der Waals surface area (Å²) in [5.74, 6) is -0.170. The lowest BCUT2D eigenvalue weighted by Crippen LogP contribution is -2.28. The van der Waals surface area contributed by atoms with Crippen LogP contribution in [-0.4, -0.2) is 21.2 Å². The Morgan fingerprint density at radius 3 is 2.52 bits per heavy atom. The maximum Gasteiger partial charge on any atom is 0.227 e. The lowest BCUT2D eigenvalue weighted by molar-refractivity contribution is -0.120. The Labute approximate surface area is 157 Å². The van der Waals surface area contributed by atoms with E-state index in [0.717, 1.165) is 35.6 Å². The fraction of sp³-hybridized carbons (Fsp3) is 0.286. The number of amides is 2. The summed E-state index contributed by atoms with van der Waals surface area (Å²) in [5, 5.41) is 5.71. The van der Waals surface area contributed by atoms with Gasteiger partial charge in [-0.05, 0) is 61.7 Å². The van der Waals surface area contributed by atoms with Gasteiger partial charge in [-0.25, -0.2) is 4.98 Å². The van der Waals surface area contributed by atoms with Gasteiger partial charge in [0.15, 0.2) is 0 Å². The number of aromatic nitrogens is 2. The molecule has 0 aliphatic heterocycles. The molecule has 2 amide bonds. The van der Waals surface area contributed by atoms with Crippen LogP contribution in [0.1, 0.15) is 30.3 Å². The lowest BCUT2D eigenvalue weighted by atomic mass is 9.89. The molecule has 0 saturated carbocycles. The molecule has 1 aromatic carbocycles. The molecule has 0 bridgehead atoms. The Morgan fingerprint density at radius 2 is 1.81 bits per heavy atom. The quantitative estimate of drug-likeness (QED) is 0.750. The predicted octanol–water partition coefficient (Wildman–Crippen LogP) is 3.34. The zero-order chi connectivity index (χ0) is 19.0. The second-order valence-corrected chi connectivity index (χ2v) is 7.12. The average Bonchev–Trinajstić information content (AvgIpc) is 2.99. The molecule has 2 aromatic heterocycles. The zero-order valence-corrected chi connectivity index (χ0v) is 15.5. The maximum atomic E-state index is 12.7. The number of pyridine rings is 1. The summed E-state index contributed by atoms with van der Waals surface area (Å²) < 4.78 is 2.10. The van der Waals surface area contributed by atoms with Crippen LogP contribution < -0.4 is 10.6 Å². The Hall–Kier alpha value is -3.15. The molecule has 3 aromatic rings. The van der Waals surface area contributed by atoms with Gasteiger partial charge in [-0.1, -0.05) is 0 Å². The first kappa shape index (κ1) is 17.3. The third-order valence-corrected chi connectivity index (χ3v) is 4.98. The molecular formula is C21H22N4O2. The van der Waals surface area contributed by atoms with Gasteiger partial charge < -0.3 is 15.0 Å². The monoisotopic (exact) mass is 362 g/mol. The Morgan fingerprint density at radius 1 is 1.11 bits per heavy atom. The Bertz CT molecular complexity index is 1020. The molecule has 4 rings (SSSR count). The van der Waals surface area contributed by atoms with Gasteiger partial charge >= 0.3 is 0 Å². The minimum absolute atomic E-state index is 0.0231. The summed E-state index contributed by atoms with van der Waals surface area (Å²) >= 11 is 0. The standard InChI is InChI=1S/C21H22N4O2/c1-13-9-10-25-19-12-15(3-8-18(19)24-20(25)11-13)21(27)23-17-6-4-16(5-7-17)22-14(2)26/h4-7,9-11,15H,3,8,12H2,1-2H3,(H,22,26)(H,23,27). The van der Waals surface area contributed by atoms with Crippen molar-refractivity contribution < 1.29 is 9.59 Å². The Balaban J connectivity index is 1.47. The highest BCUT2D eigenvalue weighted by Crippen LogP contribution is 2.28. The van der Waals surface area contributed by atoms with Crippen LogP contribution >= 0.6 is 0 Å². The molecule has 0 fully saturated rings. The highest BCUT2D eigenvalue weighted by molar-refractivity contribution is 5.93. The van der Waals surface area contributed by atoms with Gasteiger partial charge in [-0.15, -0.1) is 0 Å². The van der Waals surface area contributed by atoms with Gasteiger partial charge in [0, 0.05) is 42.5 Å². The van der Waals surface area contributed by atoms with Crippen molar-refractivity contribution in [3.8, 4) is 0 Å². The molecule has 0 spiro atoms. The number of aryl methyl sites for hydroxylation is 2. The summed E-state index contributed by atoms with van der Waals surface area (Å²) in [6.45, 7) is 3.52. The van der Waals surface area contributed by atoms with Crippen molar-refractivity contribution in [2.24, 2.45) is 5.92 Å². The number of carbonyl (C=O) groups is 2. The minimum Gasteiger partial charge on any atom is -0.326 e. The van der Waals surface area contributed by atoms with E-state index in [9.17, 15) is 9.59 Å². The number of nitrogens with zero attached hydrogens (tertiary/aromatic N) is 2. The van der Waals surface area contributed by atoms with Crippen molar-refractivity contribution in [2.45, 2.75) is 33.1 Å². The van der Waals surface area contributed by atoms with E-state index in [-0.39, 0.29) is 17.7 Å². The molecule has 1 atom stereocenters. The maximum absolute atomic E-state index is 12.7. The Kier molecular flexibility index (Phi) is 4.39. The van der Waals surface area contributed by atoms with E-state index in [0.29, 0.717) is 12.1 Å². The first-order chi connectivity index (χ1) is 13.0. The summed E-state index contributed by atoms with van der Waals surface area (Å²) in [4.78, 5) is 28.5. The number of nitrogens with one attached hydrogen (secondary N) is 2. The molecule has 1 aliphatic carbocycles. The van der Waals surface area contributed by atoms with Gasteiger partial charge in [0.25, 0.3) is 0 Å². The van der Waals surface area contributed by atoms with Gasteiger partial charge in [-0.3, -0.25) is 9.59 Å². The molecule has 6 nitrogen and oxygen atoms in total. The topological polar surface area (TPSA) is 75.5 Å². The molecule has 138 valence electrons. The summed E-state index contributed by atoms with van der Waals surface area (Å²) in [5.41, 5.74) is 5.82. The van der Waals surface area contributed by atoms with Crippen molar-refractivity contribution in [3.05, 3.63) is 59.5 Å². The second-order valence-electron chi connectivity index (χ2n) is 7.12. The zero-order valence-electron chi connectivity index (χ0n) is 15.5. The molecule has 0 saturated heterocycles. The van der Waals surface area contributed by atoms with E-state index < -0.39 is 0 Å². The van der Waals surface area contributed by atoms with E-state index in [2.05, 4.69) is 34.1 Å². The molecule has 1 aliphatic rings. The van der Waals surface area contributed by atoms with E-state index in [1.165, 1.54) is 12.5 Å². The van der Waals surface area contributed by atoms with Crippen molar-refractivity contribution in [1.82, 2.24) is 9.38 Å². The number of imidazole rings is 1. The van der Waals surface area contributed by atoms with E-state index in [1.807, 2.05) is 6.20 Å². The van der Waals surface area contributed by atoms with Crippen LogP contribution in [0.5, 0.6) is 0 Å². The number of carbonyl (C=O) groups excluding carboxylic acids is 2. The van der Waals surface area contributed by atoms with E-state index in [4.69, 9.17) is 4.98 Å². The van der Waals surface area contributed by atoms with Crippen LogP contribution in [0.2, 0.25) is 0 Å². The molecule has 2 N–H and O–H groups in total. The van der Waals surface area contributed by atoms with E-state index in [1.54, 1.807) is 24.3 Å². The van der Waals surface area contributed by atoms with Crippen molar-refractivity contribution in [2.75, 3.05) is 10.6 Å². The SMILES string of the molecule is CC(=O)Nc1ccc(NC(=O)C2CCc3nc4cc(C)ccn4c3C2)cc1. The molecular weight excluding hydrogens is 340 g/mol. The first-order valence-corrected chi connectivity index (χ1v) is 9.14. The lowest BCUT2D eigenvalue weighted by Gasteiger charge is -2.21. The van der Waals surface area contributed by atoms with Gasteiger partial charge in [0.2, 0.25) is 11.8 Å². The van der Waals surface area contributed by atoms with Crippen molar-refractivity contribution in [3.63, 3.8) is 0 Å². The highest BCUT2D eigenvalue weighted by Gasteiger charge is 2.28. The van der Waals surface area contributed by atoms with Gasteiger partial charge in [-0.2, -0.15) is 0 Å². The summed E-state index contributed by atoms with van der Waals surface area (Å²) in [6, 6.07) is 11.3. The largest absolute Gasteiger partial charge is 0.326 e. The van der Waals surface area contributed by atoms with Crippen LogP contribution in [0.25, 0.3) is 5.65 Å². The molecule has 6 heteroatoms. The summed E-state index contributed by atoms with van der Waals surface area (Å²) in [6.07, 6.45) is 4.34. The number of hydrogen-bond donors (Lipinski definition) is 2. The predicted molar refractivity (Wildman–Crippen MR) is 105 cm³/mol. The number of hydrogen-bond acceptors (Lipinski definition) is 3. The van der Waals surface area contributed by atoms with Gasteiger partial charge in [0.1, 0.15) is 5.65 Å². The smallest absolute Gasteiger partial charge is 0.227 e. The fourth-order valence-corrected chi connectivity index (χ4v) is 3.62. The van der Waals surface area contributed by atoms with Crippen LogP contribution in [-0.2, 0) is 22.4 Å². The summed E-state index contributed by atoms with van der Waals surface area (Å²) in [7, 11) is 0. The van der Waals surface area contributed by atoms with Crippen LogP contribution in [0.4, 0.5) is 11.4 Å². The van der Waals surface area contributed by atoms with Gasteiger partial charge in [0.05, 0.1) is 5.69 Å². The first-order valence-electron chi connectivity index (χ1n) is 9.14. The van der Waals surface area contributed by atoms with E-state index >= 15 is 0 Å². The van der Waals surface area contributed by atoms with Crippen LogP contribution in [0, 0.1) is 12.8 Å². The second kappa shape index (κ2) is 6.87. The van der Waals surface area contributed by atoms with Crippen LogP contribution in [0.3, 0.4) is 0 Å². The third-order valence-electron chi connectivity index (χ3n) is 4.98. The molecule has 0 radical (unpaired) electrons. The molecule has 27 heavy (non-hydrogen) atoms. The third kappa shape index (κ3) is 3.56. The van der Waals surface area contributed by atoms with Crippen LogP contribution in [0.15, 0.2) is 42.6 Å². The molecule has 2 heterocycles. The minimum atomic E-state index is -0.118.